The van der Waals surface area contributed by atoms with Gasteiger partial charge in [-0.15, -0.1) is 0 Å². The predicted molar refractivity (Wildman–Crippen MR) is 100 cm³/mol. The van der Waals surface area contributed by atoms with E-state index >= 15 is 0 Å². The molecule has 26 heavy (non-hydrogen) atoms. The molecule has 140 valence electrons. The average molecular weight is 356 g/mol. The second-order valence-electron chi connectivity index (χ2n) is 7.54. The minimum atomic E-state index is -0.233. The lowest BCUT2D eigenvalue weighted by Gasteiger charge is -2.44. The minimum Gasteiger partial charge on any atom is -0.368 e. The third-order valence-electron chi connectivity index (χ3n) is 5.68. The van der Waals surface area contributed by atoms with Crippen LogP contribution in [-0.4, -0.2) is 64.8 Å². The van der Waals surface area contributed by atoms with E-state index in [-0.39, 0.29) is 5.60 Å². The number of hydrogen-bond acceptors (Lipinski definition) is 6. The molecule has 0 N–H and O–H groups in total. The molecule has 0 radical (unpaired) electrons. The van der Waals surface area contributed by atoms with Gasteiger partial charge in [-0.2, -0.15) is 0 Å². The molecule has 4 rings (SSSR count). The number of imidazole rings is 1. The first-order chi connectivity index (χ1) is 12.6. The molecule has 1 fully saturated rings. The Labute approximate surface area is 155 Å². The quantitative estimate of drug-likeness (QED) is 0.830. The second kappa shape index (κ2) is 6.96. The summed E-state index contributed by atoms with van der Waals surface area (Å²) in [5, 5.41) is 0. The molecule has 0 atom stereocenters. The molecule has 7 nitrogen and oxygen atoms in total. The monoisotopic (exact) mass is 356 g/mol. The van der Waals surface area contributed by atoms with Crippen LogP contribution in [-0.2, 0) is 23.3 Å². The maximum atomic E-state index is 6.33. The third-order valence-corrected chi connectivity index (χ3v) is 5.68. The summed E-state index contributed by atoms with van der Waals surface area (Å²) in [6, 6.07) is 0. The molecule has 2 aliphatic heterocycles. The SMILES string of the molecule is Cc1nccn1CCN1CCC2(CC1)OCCc1cnc(N(C)C)nc12. The molecule has 1 saturated heterocycles. The first-order valence-corrected chi connectivity index (χ1v) is 9.45. The zero-order chi connectivity index (χ0) is 18.1. The molecule has 0 amide bonds. The summed E-state index contributed by atoms with van der Waals surface area (Å²) in [6.45, 7) is 6.94. The molecule has 0 aromatic carbocycles. The van der Waals surface area contributed by atoms with E-state index in [1.165, 1.54) is 5.56 Å². The van der Waals surface area contributed by atoms with Crippen molar-refractivity contribution in [2.45, 2.75) is 38.3 Å². The Kier molecular flexibility index (Phi) is 4.67. The predicted octanol–water partition coefficient (Wildman–Crippen LogP) is 1.61. The smallest absolute Gasteiger partial charge is 0.225 e. The topological polar surface area (TPSA) is 59.3 Å². The minimum absolute atomic E-state index is 0.233. The number of nitrogens with zero attached hydrogens (tertiary/aromatic N) is 6. The van der Waals surface area contributed by atoms with Gasteiger partial charge in [0.2, 0.25) is 5.95 Å². The van der Waals surface area contributed by atoms with E-state index in [4.69, 9.17) is 9.72 Å². The van der Waals surface area contributed by atoms with Crippen LogP contribution in [0.1, 0.15) is 29.9 Å². The van der Waals surface area contributed by atoms with Gasteiger partial charge < -0.3 is 19.1 Å². The maximum absolute atomic E-state index is 6.33. The van der Waals surface area contributed by atoms with E-state index < -0.39 is 0 Å². The van der Waals surface area contributed by atoms with E-state index in [0.717, 1.165) is 69.5 Å². The number of aryl methyl sites for hydroxylation is 1. The number of anilines is 1. The number of rotatable bonds is 4. The molecule has 0 bridgehead atoms. The summed E-state index contributed by atoms with van der Waals surface area (Å²) in [7, 11) is 3.97. The fourth-order valence-electron chi connectivity index (χ4n) is 4.02. The van der Waals surface area contributed by atoms with Crippen LogP contribution in [0.2, 0.25) is 0 Å². The molecular weight excluding hydrogens is 328 g/mol. The molecule has 2 aromatic rings. The van der Waals surface area contributed by atoms with Gasteiger partial charge in [-0.1, -0.05) is 0 Å². The first kappa shape index (κ1) is 17.4. The van der Waals surface area contributed by atoms with Gasteiger partial charge in [-0.25, -0.2) is 15.0 Å². The zero-order valence-corrected chi connectivity index (χ0v) is 16.0. The molecule has 7 heteroatoms. The van der Waals surface area contributed by atoms with Crippen LogP contribution >= 0.6 is 0 Å². The summed E-state index contributed by atoms with van der Waals surface area (Å²) in [5.41, 5.74) is 2.14. The summed E-state index contributed by atoms with van der Waals surface area (Å²) < 4.78 is 8.55. The Hall–Kier alpha value is -1.99. The van der Waals surface area contributed by atoms with Gasteiger partial charge >= 0.3 is 0 Å². The molecule has 0 unspecified atom stereocenters. The van der Waals surface area contributed by atoms with E-state index in [1.807, 2.05) is 31.4 Å². The number of piperidine rings is 1. The zero-order valence-electron chi connectivity index (χ0n) is 16.0. The molecule has 1 spiro atoms. The van der Waals surface area contributed by atoms with Crippen molar-refractivity contribution in [3.63, 3.8) is 0 Å². The van der Waals surface area contributed by atoms with Crippen molar-refractivity contribution in [1.82, 2.24) is 24.4 Å². The van der Waals surface area contributed by atoms with Crippen LogP contribution in [0.15, 0.2) is 18.6 Å². The lowest BCUT2D eigenvalue weighted by Crippen LogP contribution is -2.48. The highest BCUT2D eigenvalue weighted by Gasteiger charge is 2.42. The molecule has 0 aliphatic carbocycles. The van der Waals surface area contributed by atoms with E-state index in [1.54, 1.807) is 0 Å². The van der Waals surface area contributed by atoms with Crippen LogP contribution in [0, 0.1) is 6.92 Å². The van der Waals surface area contributed by atoms with Crippen molar-refractivity contribution in [2.24, 2.45) is 0 Å². The Morgan fingerprint density at radius 3 is 2.69 bits per heavy atom. The first-order valence-electron chi connectivity index (χ1n) is 9.45. The number of hydrogen-bond donors (Lipinski definition) is 0. The van der Waals surface area contributed by atoms with Crippen LogP contribution in [0.5, 0.6) is 0 Å². The normalized spacial score (nSPS) is 19.5. The van der Waals surface area contributed by atoms with Crippen molar-refractivity contribution in [3.8, 4) is 0 Å². The van der Waals surface area contributed by atoms with E-state index in [9.17, 15) is 0 Å². The number of ether oxygens (including phenoxy) is 1. The summed E-state index contributed by atoms with van der Waals surface area (Å²) in [6.07, 6.45) is 8.82. The number of aromatic nitrogens is 4. The van der Waals surface area contributed by atoms with Crippen LogP contribution in [0.25, 0.3) is 0 Å². The van der Waals surface area contributed by atoms with Crippen molar-refractivity contribution in [1.29, 1.82) is 0 Å². The van der Waals surface area contributed by atoms with Crippen molar-refractivity contribution in [2.75, 3.05) is 45.2 Å². The third kappa shape index (κ3) is 3.21. The standard InChI is InChI=1S/C19H28N6O/c1-15-20-7-10-25(15)12-11-24-8-5-19(6-9-24)17-16(4-13-26-19)14-21-18(22-17)23(2)3/h7,10,14H,4-6,8-9,11-13H2,1-3H3. The second-order valence-corrected chi connectivity index (χ2v) is 7.54. The lowest BCUT2D eigenvalue weighted by molar-refractivity contribution is -0.101. The van der Waals surface area contributed by atoms with Crippen molar-refractivity contribution >= 4 is 5.95 Å². The van der Waals surface area contributed by atoms with Gasteiger partial charge in [0, 0.05) is 58.9 Å². The van der Waals surface area contributed by atoms with Gasteiger partial charge in [-0.05, 0) is 31.7 Å². The van der Waals surface area contributed by atoms with Gasteiger partial charge in [0.05, 0.1) is 12.3 Å². The van der Waals surface area contributed by atoms with Crippen LogP contribution in [0.4, 0.5) is 5.95 Å². The average Bonchev–Trinajstić information content (AvgIpc) is 3.06. The molecule has 2 aliphatic rings. The fraction of sp³-hybridized carbons (Fsp3) is 0.632. The summed E-state index contributed by atoms with van der Waals surface area (Å²) in [4.78, 5) is 18.2. The number of fused-ring (bicyclic) bond motifs is 2. The molecular formula is C19H28N6O. The lowest BCUT2D eigenvalue weighted by atomic mass is 9.83. The maximum Gasteiger partial charge on any atom is 0.225 e. The Balaban J connectivity index is 1.45. The molecule has 0 saturated carbocycles. The largest absolute Gasteiger partial charge is 0.368 e. The Morgan fingerprint density at radius 1 is 1.19 bits per heavy atom. The van der Waals surface area contributed by atoms with Gasteiger partial charge in [0.25, 0.3) is 0 Å². The highest BCUT2D eigenvalue weighted by atomic mass is 16.5. The van der Waals surface area contributed by atoms with E-state index in [2.05, 4.69) is 32.6 Å². The molecule has 4 heterocycles. The van der Waals surface area contributed by atoms with Crippen molar-refractivity contribution in [3.05, 3.63) is 35.7 Å². The van der Waals surface area contributed by atoms with Gasteiger partial charge in [-0.3, -0.25) is 0 Å². The van der Waals surface area contributed by atoms with Gasteiger partial charge in [0.15, 0.2) is 0 Å². The van der Waals surface area contributed by atoms with E-state index in [0.29, 0.717) is 0 Å². The number of likely N-dealkylation sites (tertiary alicyclic amines) is 1. The summed E-state index contributed by atoms with van der Waals surface area (Å²) in [5.74, 6) is 1.85. The highest BCUT2D eigenvalue weighted by molar-refractivity contribution is 5.35. The Morgan fingerprint density at radius 2 is 2.00 bits per heavy atom. The van der Waals surface area contributed by atoms with Crippen LogP contribution < -0.4 is 4.90 Å². The highest BCUT2D eigenvalue weighted by Crippen LogP contribution is 2.40. The Bertz CT molecular complexity index is 763. The van der Waals surface area contributed by atoms with Crippen molar-refractivity contribution < 1.29 is 4.74 Å². The van der Waals surface area contributed by atoms with Crippen LogP contribution in [0.3, 0.4) is 0 Å². The molecule has 2 aromatic heterocycles. The fourth-order valence-corrected chi connectivity index (χ4v) is 4.02. The van der Waals surface area contributed by atoms with Gasteiger partial charge in [0.1, 0.15) is 11.4 Å². The summed E-state index contributed by atoms with van der Waals surface area (Å²) >= 11 is 0.